The highest BCUT2D eigenvalue weighted by atomic mass is 15.3. The summed E-state index contributed by atoms with van der Waals surface area (Å²) in [6, 6.07) is 1.87. The van der Waals surface area contributed by atoms with E-state index in [1.54, 1.807) is 0 Å². The van der Waals surface area contributed by atoms with Crippen LogP contribution in [0.3, 0.4) is 0 Å². The minimum atomic E-state index is 0.264. The van der Waals surface area contributed by atoms with Crippen molar-refractivity contribution in [3.05, 3.63) is 23.5 Å². The van der Waals surface area contributed by atoms with Gasteiger partial charge in [-0.2, -0.15) is 15.1 Å². The molecule has 4 N–H and O–H groups in total. The number of anilines is 3. The predicted molar refractivity (Wildman–Crippen MR) is 85.1 cm³/mol. The summed E-state index contributed by atoms with van der Waals surface area (Å²) in [5, 5.41) is 10.9. The van der Waals surface area contributed by atoms with Gasteiger partial charge in [-0.05, 0) is 12.8 Å². The van der Waals surface area contributed by atoms with E-state index in [0.717, 1.165) is 30.9 Å². The predicted octanol–water partition coefficient (Wildman–Crippen LogP) is 1.79. The molecule has 0 fully saturated rings. The van der Waals surface area contributed by atoms with Gasteiger partial charge in [0.15, 0.2) is 0 Å². The quantitative estimate of drug-likeness (QED) is 0.719. The number of nitrogens with one attached hydrogen (secondary N) is 2. The van der Waals surface area contributed by atoms with Crippen LogP contribution in [0.15, 0.2) is 12.3 Å². The fourth-order valence-corrected chi connectivity index (χ4v) is 2.11. The Bertz CT molecular complexity index is 591. The maximum Gasteiger partial charge on any atom is 0.223 e. The lowest BCUT2D eigenvalue weighted by atomic mass is 10.2. The maximum atomic E-state index is 5.74. The van der Waals surface area contributed by atoms with Gasteiger partial charge in [0.25, 0.3) is 0 Å². The Morgan fingerprint density at radius 3 is 2.57 bits per heavy atom. The van der Waals surface area contributed by atoms with Crippen molar-refractivity contribution in [2.24, 2.45) is 7.05 Å². The Morgan fingerprint density at radius 1 is 1.19 bits per heavy atom. The van der Waals surface area contributed by atoms with Gasteiger partial charge < -0.3 is 16.4 Å². The highest BCUT2D eigenvalue weighted by Crippen LogP contribution is 2.15. The molecule has 0 amide bonds. The zero-order valence-corrected chi connectivity index (χ0v) is 12.8. The fourth-order valence-electron chi connectivity index (χ4n) is 2.11. The molecule has 21 heavy (non-hydrogen) atoms. The molecule has 2 aromatic rings. The lowest BCUT2D eigenvalue weighted by Crippen LogP contribution is -2.09. The second-order valence-corrected chi connectivity index (χ2v) is 4.91. The molecule has 0 radical (unpaired) electrons. The SMILES string of the molecule is CCCNc1cc(NCc2cn(C)nc2CC)nc(N)n1. The summed E-state index contributed by atoms with van der Waals surface area (Å²) in [6.45, 7) is 5.73. The van der Waals surface area contributed by atoms with Gasteiger partial charge in [-0.3, -0.25) is 4.68 Å². The van der Waals surface area contributed by atoms with Gasteiger partial charge in [-0.25, -0.2) is 0 Å². The number of aromatic nitrogens is 4. The molecule has 0 aromatic carbocycles. The molecule has 0 spiro atoms. The zero-order valence-electron chi connectivity index (χ0n) is 12.8. The first kappa shape index (κ1) is 15.1. The molecule has 114 valence electrons. The summed E-state index contributed by atoms with van der Waals surface area (Å²) in [6.07, 6.45) is 3.96. The van der Waals surface area contributed by atoms with Crippen LogP contribution < -0.4 is 16.4 Å². The van der Waals surface area contributed by atoms with E-state index in [1.807, 2.05) is 24.0 Å². The molecule has 7 nitrogen and oxygen atoms in total. The Labute approximate surface area is 125 Å². The molecule has 0 atom stereocenters. The normalized spacial score (nSPS) is 10.6. The van der Waals surface area contributed by atoms with Crippen LogP contribution in [-0.2, 0) is 20.0 Å². The highest BCUT2D eigenvalue weighted by Gasteiger charge is 2.07. The summed E-state index contributed by atoms with van der Waals surface area (Å²) in [5.74, 6) is 1.72. The number of hydrogen-bond donors (Lipinski definition) is 3. The van der Waals surface area contributed by atoms with Crippen LogP contribution in [-0.4, -0.2) is 26.3 Å². The van der Waals surface area contributed by atoms with E-state index in [0.29, 0.717) is 12.4 Å². The first-order chi connectivity index (χ1) is 10.1. The third kappa shape index (κ3) is 4.08. The lowest BCUT2D eigenvalue weighted by molar-refractivity contribution is 0.746. The number of nitrogens with zero attached hydrogens (tertiary/aromatic N) is 4. The Morgan fingerprint density at radius 2 is 1.90 bits per heavy atom. The van der Waals surface area contributed by atoms with Crippen molar-refractivity contribution in [1.82, 2.24) is 19.7 Å². The molecule has 2 aromatic heterocycles. The Kier molecular flexibility index (Phi) is 4.97. The smallest absolute Gasteiger partial charge is 0.223 e. The molecule has 0 saturated carbocycles. The minimum absolute atomic E-state index is 0.264. The van der Waals surface area contributed by atoms with Crippen molar-refractivity contribution in [2.75, 3.05) is 22.9 Å². The summed E-state index contributed by atoms with van der Waals surface area (Å²) in [7, 11) is 1.93. The second kappa shape index (κ2) is 6.92. The van der Waals surface area contributed by atoms with E-state index in [-0.39, 0.29) is 5.95 Å². The van der Waals surface area contributed by atoms with Crippen molar-refractivity contribution in [3.8, 4) is 0 Å². The van der Waals surface area contributed by atoms with Gasteiger partial charge in [-0.1, -0.05) is 13.8 Å². The first-order valence-electron chi connectivity index (χ1n) is 7.26. The summed E-state index contributed by atoms with van der Waals surface area (Å²) >= 11 is 0. The van der Waals surface area contributed by atoms with Crippen LogP contribution in [0.4, 0.5) is 17.6 Å². The molecule has 0 aliphatic carbocycles. The standard InChI is InChI=1S/C14H23N7/c1-4-6-16-12-7-13(19-14(15)18-12)17-8-10-9-21(3)20-11(10)5-2/h7,9H,4-6,8H2,1-3H3,(H4,15,16,17,18,19). The first-order valence-corrected chi connectivity index (χ1v) is 7.26. The van der Waals surface area contributed by atoms with Crippen LogP contribution in [0.2, 0.25) is 0 Å². The van der Waals surface area contributed by atoms with Crippen LogP contribution in [0, 0.1) is 0 Å². The monoisotopic (exact) mass is 289 g/mol. The van der Waals surface area contributed by atoms with Crippen molar-refractivity contribution < 1.29 is 0 Å². The summed E-state index contributed by atoms with van der Waals surface area (Å²) in [5.41, 5.74) is 8.00. The summed E-state index contributed by atoms with van der Waals surface area (Å²) in [4.78, 5) is 8.37. The van der Waals surface area contributed by atoms with E-state index in [4.69, 9.17) is 5.73 Å². The van der Waals surface area contributed by atoms with Gasteiger partial charge in [0.2, 0.25) is 5.95 Å². The van der Waals surface area contributed by atoms with E-state index >= 15 is 0 Å². The van der Waals surface area contributed by atoms with Crippen LogP contribution in [0.25, 0.3) is 0 Å². The van der Waals surface area contributed by atoms with Crippen LogP contribution in [0.1, 0.15) is 31.5 Å². The molecule has 7 heteroatoms. The van der Waals surface area contributed by atoms with Crippen LogP contribution in [0.5, 0.6) is 0 Å². The number of nitrogen functional groups attached to an aromatic ring is 1. The van der Waals surface area contributed by atoms with Crippen molar-refractivity contribution >= 4 is 17.6 Å². The van der Waals surface area contributed by atoms with E-state index < -0.39 is 0 Å². The number of nitrogens with two attached hydrogens (primary N) is 1. The molecule has 2 rings (SSSR count). The maximum absolute atomic E-state index is 5.74. The van der Waals surface area contributed by atoms with E-state index in [9.17, 15) is 0 Å². The molecule has 0 aliphatic rings. The van der Waals surface area contributed by atoms with Crippen molar-refractivity contribution in [2.45, 2.75) is 33.2 Å². The molecule has 0 aliphatic heterocycles. The molecule has 0 bridgehead atoms. The number of aryl methyl sites for hydroxylation is 2. The number of rotatable bonds is 7. The van der Waals surface area contributed by atoms with Gasteiger partial charge in [0, 0.05) is 38.0 Å². The average molecular weight is 289 g/mol. The molecular weight excluding hydrogens is 266 g/mol. The summed E-state index contributed by atoms with van der Waals surface area (Å²) < 4.78 is 1.83. The molecular formula is C14H23N7. The minimum Gasteiger partial charge on any atom is -0.370 e. The van der Waals surface area contributed by atoms with Gasteiger partial charge in [-0.15, -0.1) is 0 Å². The molecule has 0 saturated heterocycles. The van der Waals surface area contributed by atoms with E-state index in [1.165, 1.54) is 5.56 Å². The lowest BCUT2D eigenvalue weighted by Gasteiger charge is -2.09. The third-order valence-corrected chi connectivity index (χ3v) is 3.09. The molecule has 2 heterocycles. The average Bonchev–Trinajstić information content (AvgIpc) is 2.82. The number of hydrogen-bond acceptors (Lipinski definition) is 6. The fraction of sp³-hybridized carbons (Fsp3) is 0.500. The largest absolute Gasteiger partial charge is 0.370 e. The van der Waals surface area contributed by atoms with E-state index in [2.05, 4.69) is 39.5 Å². The van der Waals surface area contributed by atoms with Gasteiger partial charge >= 0.3 is 0 Å². The topological polar surface area (TPSA) is 93.7 Å². The highest BCUT2D eigenvalue weighted by molar-refractivity contribution is 5.51. The van der Waals surface area contributed by atoms with Crippen molar-refractivity contribution in [1.29, 1.82) is 0 Å². The zero-order chi connectivity index (χ0) is 15.2. The second-order valence-electron chi connectivity index (χ2n) is 4.91. The third-order valence-electron chi connectivity index (χ3n) is 3.09. The Balaban J connectivity index is 2.06. The van der Waals surface area contributed by atoms with Gasteiger partial charge in [0.1, 0.15) is 11.6 Å². The van der Waals surface area contributed by atoms with Crippen molar-refractivity contribution in [3.63, 3.8) is 0 Å². The van der Waals surface area contributed by atoms with Gasteiger partial charge in [0.05, 0.1) is 5.69 Å². The molecule has 0 unspecified atom stereocenters. The Hall–Kier alpha value is -2.31. The van der Waals surface area contributed by atoms with Crippen LogP contribution >= 0.6 is 0 Å².